The van der Waals surface area contributed by atoms with Crippen LogP contribution < -0.4 is 20.1 Å². The van der Waals surface area contributed by atoms with Gasteiger partial charge in [0.1, 0.15) is 13.1 Å². The number of benzene rings is 2. The van der Waals surface area contributed by atoms with Crippen LogP contribution in [0.2, 0.25) is 0 Å². The number of rotatable bonds is 2. The zero-order valence-corrected chi connectivity index (χ0v) is 20.4. The van der Waals surface area contributed by atoms with Crippen LogP contribution >= 0.6 is 0 Å². The average Bonchev–Trinajstić information content (AvgIpc) is 2.71. The van der Waals surface area contributed by atoms with E-state index in [0.29, 0.717) is 0 Å². The summed E-state index contributed by atoms with van der Waals surface area (Å²) >= 11 is 0. The molecule has 0 atom stereocenters. The van der Waals surface area contributed by atoms with Gasteiger partial charge in [0.25, 0.3) is 0 Å². The lowest BCUT2D eigenvalue weighted by Crippen LogP contribution is -2.45. The third-order valence-electron chi connectivity index (χ3n) is 7.97. The van der Waals surface area contributed by atoms with Gasteiger partial charge in [-0.15, -0.1) is 0 Å². The molecule has 0 amide bonds. The lowest BCUT2D eigenvalue weighted by atomic mass is 9.70. The fourth-order valence-corrected chi connectivity index (χ4v) is 6.41. The molecule has 162 valence electrons. The van der Waals surface area contributed by atoms with Crippen molar-refractivity contribution in [3.8, 4) is 0 Å². The van der Waals surface area contributed by atoms with E-state index in [1.807, 2.05) is 0 Å². The monoisotopic (exact) mass is 413 g/mol. The second kappa shape index (κ2) is 6.82. The number of fused-ring (bicyclic) bond motifs is 4. The molecule has 0 radical (unpaired) electrons. The van der Waals surface area contributed by atoms with Crippen LogP contribution in [0.4, 0.5) is 5.69 Å². The fraction of sp³-hybridized carbons (Fsp3) is 0.483. The summed E-state index contributed by atoms with van der Waals surface area (Å²) in [5.74, 6) is 0. The smallest absolute Gasteiger partial charge is 0.203 e. The van der Waals surface area contributed by atoms with Gasteiger partial charge in [0.05, 0.1) is 5.54 Å². The molecule has 2 aromatic carbocycles. The van der Waals surface area contributed by atoms with Crippen LogP contribution in [0, 0.1) is 0 Å². The maximum atomic E-state index is 2.56. The summed E-state index contributed by atoms with van der Waals surface area (Å²) in [5.41, 5.74) is 10.1. The Bertz CT molecular complexity index is 1240. The van der Waals surface area contributed by atoms with Crippen LogP contribution in [0.5, 0.6) is 0 Å². The van der Waals surface area contributed by atoms with Gasteiger partial charge in [0.2, 0.25) is 5.36 Å². The lowest BCUT2D eigenvalue weighted by Gasteiger charge is -2.44. The van der Waals surface area contributed by atoms with Gasteiger partial charge < -0.3 is 4.90 Å². The fourth-order valence-electron chi connectivity index (χ4n) is 6.41. The summed E-state index contributed by atoms with van der Waals surface area (Å²) in [6, 6.07) is 9.96. The van der Waals surface area contributed by atoms with Crippen molar-refractivity contribution in [2.45, 2.75) is 72.3 Å². The maximum absolute atomic E-state index is 2.56. The molecule has 0 saturated carbocycles. The molecule has 2 aliphatic heterocycles. The van der Waals surface area contributed by atoms with Crippen LogP contribution in [-0.2, 0) is 11.8 Å². The van der Waals surface area contributed by atoms with Crippen molar-refractivity contribution in [1.29, 1.82) is 0 Å². The van der Waals surface area contributed by atoms with Crippen molar-refractivity contribution in [1.82, 2.24) is 4.58 Å². The third-order valence-corrected chi connectivity index (χ3v) is 7.97. The Hall–Kier alpha value is -2.35. The second-order valence-corrected chi connectivity index (χ2v) is 10.7. The molecule has 2 aromatic rings. The summed E-state index contributed by atoms with van der Waals surface area (Å²) < 4.78 is 2.56. The number of allylic oxidation sites excluding steroid dienone is 1. The van der Waals surface area contributed by atoms with E-state index >= 15 is 0 Å². The van der Waals surface area contributed by atoms with Crippen LogP contribution in [-0.4, -0.2) is 25.2 Å². The molecule has 31 heavy (non-hydrogen) atoms. The van der Waals surface area contributed by atoms with Crippen molar-refractivity contribution in [3.05, 3.63) is 68.7 Å². The zero-order chi connectivity index (χ0) is 22.1. The summed E-state index contributed by atoms with van der Waals surface area (Å²) in [6.45, 7) is 19.6. The summed E-state index contributed by atoms with van der Waals surface area (Å²) in [4.78, 5) is 2.56. The molecule has 3 aliphatic rings. The molecule has 0 aromatic heterocycles. The normalized spacial score (nSPS) is 20.2. The van der Waals surface area contributed by atoms with Crippen molar-refractivity contribution < 1.29 is 0 Å². The predicted octanol–water partition coefficient (Wildman–Crippen LogP) is 4.63. The Morgan fingerprint density at radius 1 is 1.00 bits per heavy atom. The number of hydrogen-bond donors (Lipinski definition) is 0. The van der Waals surface area contributed by atoms with Gasteiger partial charge in [-0.2, -0.15) is 0 Å². The predicted molar refractivity (Wildman–Crippen MR) is 134 cm³/mol. The molecule has 1 aliphatic carbocycles. The Morgan fingerprint density at radius 3 is 2.48 bits per heavy atom. The van der Waals surface area contributed by atoms with Crippen LogP contribution in [0.15, 0.2) is 30.3 Å². The maximum Gasteiger partial charge on any atom is 0.203 e. The molecular weight excluding hydrogens is 376 g/mol. The molecule has 0 bridgehead atoms. The van der Waals surface area contributed by atoms with Gasteiger partial charge >= 0.3 is 0 Å². The van der Waals surface area contributed by atoms with E-state index < -0.39 is 0 Å². The molecule has 0 saturated heterocycles. The Kier molecular flexibility index (Phi) is 4.52. The van der Waals surface area contributed by atoms with Gasteiger partial charge in [-0.25, -0.2) is 4.58 Å². The number of nitrogens with zero attached hydrogens (tertiary/aromatic N) is 2. The highest BCUT2D eigenvalue weighted by Gasteiger charge is 2.36. The number of hydrogen-bond acceptors (Lipinski definition) is 1. The Balaban J connectivity index is 1.80. The highest BCUT2D eigenvalue weighted by atomic mass is 15.2. The van der Waals surface area contributed by atoms with E-state index in [1.165, 1.54) is 69.0 Å². The summed E-state index contributed by atoms with van der Waals surface area (Å²) in [7, 11) is 0. The Morgan fingerprint density at radius 2 is 1.77 bits per heavy atom. The quantitative estimate of drug-likeness (QED) is 0.651. The highest BCUT2D eigenvalue weighted by molar-refractivity contribution is 5.84. The van der Waals surface area contributed by atoms with Crippen molar-refractivity contribution in [2.75, 3.05) is 24.5 Å². The van der Waals surface area contributed by atoms with E-state index in [-0.39, 0.29) is 11.0 Å². The minimum Gasteiger partial charge on any atom is -0.363 e. The van der Waals surface area contributed by atoms with Gasteiger partial charge in [0.15, 0.2) is 0 Å². The minimum atomic E-state index is -0.0149. The minimum absolute atomic E-state index is 0.0149. The topological polar surface area (TPSA) is 6.25 Å². The summed E-state index contributed by atoms with van der Waals surface area (Å²) in [6.07, 6.45) is 7.35. The van der Waals surface area contributed by atoms with E-state index in [0.717, 1.165) is 13.1 Å². The molecule has 5 rings (SSSR count). The first-order valence-electron chi connectivity index (χ1n) is 12.1. The van der Waals surface area contributed by atoms with E-state index in [4.69, 9.17) is 0 Å². The number of anilines is 1. The van der Waals surface area contributed by atoms with Crippen LogP contribution in [0.3, 0.4) is 0 Å². The standard InChI is InChI=1S/C29H37N2/c1-8-30-12-10-11-20-13-21-14-22-15-23-19(3)18-28(4,5)31(9-2)27(23)17-25(22)29(6,7)24(21)16-26(20)30/h13-18H,8-12H2,1-7H3/q+1. The van der Waals surface area contributed by atoms with Gasteiger partial charge in [-0.3, -0.25) is 0 Å². The molecule has 2 heteroatoms. The first-order chi connectivity index (χ1) is 14.7. The second-order valence-electron chi connectivity index (χ2n) is 10.7. The first-order valence-corrected chi connectivity index (χ1v) is 12.1. The molecule has 0 spiro atoms. The molecule has 2 nitrogen and oxygen atoms in total. The SMILES string of the molecule is CCN1c2cc3c(cc2C(C)=CC1(C)C)C=c1cc2c(cc1C3(C)C)=[N+](CC)CCC2. The van der Waals surface area contributed by atoms with Crippen molar-refractivity contribution >= 4 is 17.3 Å². The Labute approximate surface area is 187 Å². The lowest BCUT2D eigenvalue weighted by molar-refractivity contribution is 0.534. The van der Waals surface area contributed by atoms with Crippen LogP contribution in [0.1, 0.15) is 82.7 Å². The third kappa shape index (κ3) is 2.94. The van der Waals surface area contributed by atoms with Crippen molar-refractivity contribution in [2.24, 2.45) is 0 Å². The van der Waals surface area contributed by atoms with E-state index in [2.05, 4.69) is 94.4 Å². The molecular formula is C29H37N2+. The molecule has 0 N–H and O–H groups in total. The van der Waals surface area contributed by atoms with Gasteiger partial charge in [-0.1, -0.05) is 19.9 Å². The van der Waals surface area contributed by atoms with Gasteiger partial charge in [-0.05, 0) is 92.8 Å². The number of likely N-dealkylation sites (N-methyl/N-ethyl adjacent to an activating group) is 1. The molecule has 0 fully saturated rings. The largest absolute Gasteiger partial charge is 0.363 e. The van der Waals surface area contributed by atoms with E-state index in [9.17, 15) is 0 Å². The first kappa shape index (κ1) is 20.5. The zero-order valence-electron chi connectivity index (χ0n) is 20.4. The van der Waals surface area contributed by atoms with Crippen LogP contribution in [0.25, 0.3) is 11.6 Å². The molecule has 2 heterocycles. The molecule has 0 unspecified atom stereocenters. The summed E-state index contributed by atoms with van der Waals surface area (Å²) in [5, 5.41) is 2.88. The number of aryl methyl sites for hydroxylation is 1. The van der Waals surface area contributed by atoms with E-state index in [1.54, 1.807) is 0 Å². The van der Waals surface area contributed by atoms with Gasteiger partial charge in [0, 0.05) is 41.3 Å². The highest BCUT2D eigenvalue weighted by Crippen LogP contribution is 2.44. The van der Waals surface area contributed by atoms with Crippen molar-refractivity contribution in [3.63, 3.8) is 0 Å². The average molecular weight is 414 g/mol.